The van der Waals surface area contributed by atoms with E-state index in [1.54, 1.807) is 30.5 Å². The molecule has 0 radical (unpaired) electrons. The van der Waals surface area contributed by atoms with E-state index in [9.17, 15) is 14.4 Å². The number of para-hydroxylation sites is 3. The fourth-order valence-corrected chi connectivity index (χ4v) is 5.11. The van der Waals surface area contributed by atoms with Crippen LogP contribution in [0.3, 0.4) is 0 Å². The summed E-state index contributed by atoms with van der Waals surface area (Å²) in [6.07, 6.45) is 2.30. The molecule has 36 heavy (non-hydrogen) atoms. The van der Waals surface area contributed by atoms with Gasteiger partial charge in [-0.1, -0.05) is 54.6 Å². The molecule has 180 valence electrons. The Kier molecular flexibility index (Phi) is 5.52. The van der Waals surface area contributed by atoms with Crippen LogP contribution in [0.4, 0.5) is 5.69 Å². The molecule has 2 aliphatic rings. The lowest BCUT2D eigenvalue weighted by Crippen LogP contribution is -2.51. The molecule has 2 aliphatic heterocycles. The Bertz CT molecular complexity index is 1540. The van der Waals surface area contributed by atoms with Crippen molar-refractivity contribution >= 4 is 28.4 Å². The van der Waals surface area contributed by atoms with Gasteiger partial charge in [-0.2, -0.15) is 0 Å². The summed E-state index contributed by atoms with van der Waals surface area (Å²) in [6, 6.07) is 22.7. The van der Waals surface area contributed by atoms with Crippen molar-refractivity contribution < 1.29 is 14.3 Å². The molecule has 0 fully saturated rings. The first-order valence-corrected chi connectivity index (χ1v) is 12.1. The zero-order valence-electron chi connectivity index (χ0n) is 19.6. The normalized spacial score (nSPS) is 15.9. The van der Waals surface area contributed by atoms with Crippen LogP contribution in [0.2, 0.25) is 0 Å². The van der Waals surface area contributed by atoms with Gasteiger partial charge in [0, 0.05) is 24.7 Å². The number of pyridine rings is 1. The third kappa shape index (κ3) is 3.82. The third-order valence-corrected chi connectivity index (χ3v) is 6.90. The second-order valence-corrected chi connectivity index (χ2v) is 9.15. The van der Waals surface area contributed by atoms with Crippen LogP contribution in [0.1, 0.15) is 21.5 Å². The first-order valence-electron chi connectivity index (χ1n) is 12.1. The maximum absolute atomic E-state index is 13.8. The van der Waals surface area contributed by atoms with Gasteiger partial charge in [-0.3, -0.25) is 14.4 Å². The highest BCUT2D eigenvalue weighted by molar-refractivity contribution is 6.09. The van der Waals surface area contributed by atoms with Crippen LogP contribution < -0.4 is 20.4 Å². The van der Waals surface area contributed by atoms with Crippen LogP contribution in [-0.4, -0.2) is 35.6 Å². The minimum atomic E-state index is -0.885. The van der Waals surface area contributed by atoms with Crippen LogP contribution in [0, 0.1) is 0 Å². The monoisotopic (exact) mass is 479 g/mol. The molecule has 4 aromatic rings. The van der Waals surface area contributed by atoms with Crippen molar-refractivity contribution in [2.75, 3.05) is 18.0 Å². The van der Waals surface area contributed by atoms with Crippen LogP contribution in [-0.2, 0) is 24.2 Å². The molecule has 3 aromatic carbocycles. The van der Waals surface area contributed by atoms with Crippen LogP contribution in [0.25, 0.3) is 10.9 Å². The number of amides is 2. The predicted octanol–water partition coefficient (Wildman–Crippen LogP) is 3.32. The summed E-state index contributed by atoms with van der Waals surface area (Å²) in [5.41, 5.74) is 3.50. The molecular formula is C29H25N3O4. The molecule has 3 heterocycles. The Hall–Kier alpha value is -4.39. The van der Waals surface area contributed by atoms with E-state index in [1.165, 1.54) is 4.90 Å². The molecule has 0 bridgehead atoms. The maximum atomic E-state index is 13.8. The summed E-state index contributed by atoms with van der Waals surface area (Å²) in [5, 5.41) is 3.47. The minimum absolute atomic E-state index is 0.0184. The summed E-state index contributed by atoms with van der Waals surface area (Å²) in [7, 11) is 0. The van der Waals surface area contributed by atoms with Crippen molar-refractivity contribution in [3.63, 3.8) is 0 Å². The fourth-order valence-electron chi connectivity index (χ4n) is 5.11. The minimum Gasteiger partial charge on any atom is -0.477 e. The molecule has 7 heteroatoms. The second kappa shape index (κ2) is 9.00. The van der Waals surface area contributed by atoms with Crippen LogP contribution in [0.15, 0.2) is 83.8 Å². The van der Waals surface area contributed by atoms with Crippen molar-refractivity contribution in [3.05, 3.63) is 106 Å². The molecule has 2 amide bonds. The molecule has 1 atom stereocenters. The van der Waals surface area contributed by atoms with E-state index in [0.717, 1.165) is 29.6 Å². The number of nitrogens with zero attached hydrogens (tertiary/aromatic N) is 2. The van der Waals surface area contributed by atoms with Crippen molar-refractivity contribution in [2.45, 2.75) is 25.5 Å². The van der Waals surface area contributed by atoms with Gasteiger partial charge in [0.05, 0.1) is 17.7 Å². The highest BCUT2D eigenvalue weighted by atomic mass is 16.5. The summed E-state index contributed by atoms with van der Waals surface area (Å²) in [4.78, 5) is 41.7. The Morgan fingerprint density at radius 1 is 0.972 bits per heavy atom. The summed E-state index contributed by atoms with van der Waals surface area (Å²) < 4.78 is 7.96. The van der Waals surface area contributed by atoms with Gasteiger partial charge < -0.3 is 19.5 Å². The number of carbonyl (C=O) groups excluding carboxylic acids is 2. The average Bonchev–Trinajstić information content (AvgIpc) is 3.34. The highest BCUT2D eigenvalue weighted by Crippen LogP contribution is 2.34. The third-order valence-electron chi connectivity index (χ3n) is 6.90. The number of benzene rings is 3. The van der Waals surface area contributed by atoms with Gasteiger partial charge in [0.25, 0.3) is 11.8 Å². The molecule has 0 aliphatic carbocycles. The molecule has 6 rings (SSSR count). The topological polar surface area (TPSA) is 80.6 Å². The number of hydrogen-bond donors (Lipinski definition) is 1. The number of anilines is 1. The first-order chi connectivity index (χ1) is 17.6. The zero-order valence-corrected chi connectivity index (χ0v) is 19.6. The van der Waals surface area contributed by atoms with Crippen molar-refractivity contribution in [1.29, 1.82) is 0 Å². The van der Waals surface area contributed by atoms with E-state index >= 15 is 0 Å². The number of aromatic nitrogens is 1. The number of ether oxygens (including phenoxy) is 1. The molecule has 1 N–H and O–H groups in total. The molecular weight excluding hydrogens is 454 g/mol. The number of rotatable bonds is 5. The lowest BCUT2D eigenvalue weighted by Gasteiger charge is -2.34. The maximum Gasteiger partial charge on any atom is 0.264 e. The van der Waals surface area contributed by atoms with Crippen molar-refractivity contribution in [2.24, 2.45) is 0 Å². The molecule has 0 unspecified atom stereocenters. The number of fused-ring (bicyclic) bond motifs is 1. The number of hydrogen-bond acceptors (Lipinski definition) is 4. The van der Waals surface area contributed by atoms with Gasteiger partial charge in [-0.25, -0.2) is 0 Å². The van der Waals surface area contributed by atoms with Crippen molar-refractivity contribution in [3.8, 4) is 5.75 Å². The van der Waals surface area contributed by atoms with E-state index in [1.807, 2.05) is 53.1 Å². The lowest BCUT2D eigenvalue weighted by atomic mass is 10.1. The Labute approximate surface area is 207 Å². The molecule has 0 saturated heterocycles. The molecule has 7 nitrogen and oxygen atoms in total. The fraction of sp³-hybridized carbons (Fsp3) is 0.207. The van der Waals surface area contributed by atoms with Crippen molar-refractivity contribution in [1.82, 2.24) is 9.88 Å². The summed E-state index contributed by atoms with van der Waals surface area (Å²) in [5.74, 6) is -0.287. The van der Waals surface area contributed by atoms with E-state index < -0.39 is 12.0 Å². The van der Waals surface area contributed by atoms with Gasteiger partial charge in [0.1, 0.15) is 11.3 Å². The smallest absolute Gasteiger partial charge is 0.264 e. The largest absolute Gasteiger partial charge is 0.477 e. The summed E-state index contributed by atoms with van der Waals surface area (Å²) in [6.45, 7) is 1.20. The van der Waals surface area contributed by atoms with Gasteiger partial charge in [-0.15, -0.1) is 0 Å². The number of aryl methyl sites for hydroxylation is 2. The quantitative estimate of drug-likeness (QED) is 0.476. The van der Waals surface area contributed by atoms with E-state index in [0.29, 0.717) is 29.8 Å². The van der Waals surface area contributed by atoms with Crippen LogP contribution >= 0.6 is 0 Å². The Balaban J connectivity index is 1.28. The standard InChI is InChI=1S/C29H25N3O4/c33-27-21-10-6-9-20-14-16-31(26(20)21)17-22(27)29(35)32-18-25(36-24-12-5-4-11-23(24)32)28(34)30-15-13-19-7-2-1-3-8-19/h1-12,17,25H,13-16,18H2,(H,30,34)/t25-/m0/s1. The average molecular weight is 480 g/mol. The molecule has 0 saturated carbocycles. The highest BCUT2D eigenvalue weighted by Gasteiger charge is 2.35. The summed E-state index contributed by atoms with van der Waals surface area (Å²) >= 11 is 0. The lowest BCUT2D eigenvalue weighted by molar-refractivity contribution is -0.127. The van der Waals surface area contributed by atoms with Gasteiger partial charge in [0.15, 0.2) is 6.10 Å². The predicted molar refractivity (Wildman–Crippen MR) is 138 cm³/mol. The van der Waals surface area contributed by atoms with Gasteiger partial charge in [-0.05, 0) is 42.2 Å². The van der Waals surface area contributed by atoms with Gasteiger partial charge in [0.2, 0.25) is 5.43 Å². The SMILES string of the molecule is O=C(NCCc1ccccc1)[C@@H]1CN(C(=O)c2cn3c4c(cccc4c2=O)CC3)c2ccccc2O1. The van der Waals surface area contributed by atoms with E-state index in [4.69, 9.17) is 4.74 Å². The zero-order chi connectivity index (χ0) is 24.6. The molecule has 0 spiro atoms. The van der Waals surface area contributed by atoms with E-state index in [2.05, 4.69) is 5.32 Å². The van der Waals surface area contributed by atoms with Gasteiger partial charge >= 0.3 is 0 Å². The Morgan fingerprint density at radius 3 is 2.64 bits per heavy atom. The van der Waals surface area contributed by atoms with E-state index in [-0.39, 0.29) is 23.4 Å². The second-order valence-electron chi connectivity index (χ2n) is 9.15. The number of carbonyl (C=O) groups is 2. The first kappa shape index (κ1) is 22.1. The molecule has 1 aromatic heterocycles. The van der Waals surface area contributed by atoms with Crippen LogP contribution in [0.5, 0.6) is 5.75 Å². The number of nitrogens with one attached hydrogen (secondary N) is 1. The Morgan fingerprint density at radius 2 is 1.78 bits per heavy atom.